The summed E-state index contributed by atoms with van der Waals surface area (Å²) in [4.78, 5) is 18.5. The molecule has 1 aliphatic carbocycles. The number of likely N-dealkylation sites (tertiary alicyclic amines) is 1. The van der Waals surface area contributed by atoms with Crippen molar-refractivity contribution in [1.29, 1.82) is 5.41 Å². The zero-order valence-electron chi connectivity index (χ0n) is 24.0. The molecule has 4 heterocycles. The second-order valence-corrected chi connectivity index (χ2v) is 12.4. The summed E-state index contributed by atoms with van der Waals surface area (Å²) in [6.07, 6.45) is 9.38. The van der Waals surface area contributed by atoms with Crippen LogP contribution in [0.4, 0.5) is 11.5 Å². The highest BCUT2D eigenvalue weighted by Gasteiger charge is 2.52. The Labute approximate surface area is 241 Å². The summed E-state index contributed by atoms with van der Waals surface area (Å²) < 4.78 is 4.46. The molecule has 40 heavy (non-hydrogen) atoms. The van der Waals surface area contributed by atoms with Gasteiger partial charge in [0.1, 0.15) is 12.1 Å². The van der Waals surface area contributed by atoms with Crippen molar-refractivity contribution in [3.05, 3.63) is 58.8 Å². The van der Waals surface area contributed by atoms with E-state index in [1.807, 2.05) is 25.4 Å². The lowest BCUT2D eigenvalue weighted by atomic mass is 9.61. The van der Waals surface area contributed by atoms with E-state index in [-0.39, 0.29) is 5.54 Å². The molecule has 1 aromatic carbocycles. The number of hydrogen-bond donors (Lipinski definition) is 2. The average Bonchev–Trinajstić information content (AvgIpc) is 3.48. The largest absolute Gasteiger partial charge is 0.398 e. The number of benzene rings is 1. The molecule has 3 aliphatic rings. The second-order valence-electron chi connectivity index (χ2n) is 12.0. The van der Waals surface area contributed by atoms with E-state index in [9.17, 15) is 0 Å². The number of halogens is 1. The van der Waals surface area contributed by atoms with Gasteiger partial charge in [-0.25, -0.2) is 4.98 Å². The van der Waals surface area contributed by atoms with E-state index >= 15 is 0 Å². The Morgan fingerprint density at radius 3 is 2.48 bits per heavy atom. The van der Waals surface area contributed by atoms with Crippen LogP contribution in [-0.2, 0) is 16.9 Å². The van der Waals surface area contributed by atoms with E-state index in [1.54, 1.807) is 0 Å². The van der Waals surface area contributed by atoms with Gasteiger partial charge in [-0.3, -0.25) is 9.48 Å². The maximum atomic E-state index is 9.06. The third-order valence-electron chi connectivity index (χ3n) is 8.79. The molecule has 0 amide bonds. The molecule has 3 aromatic rings. The SMILES string of the molecule is C=CC=O.Cc1cc(N)c(C=N)c(-c2c(N3CCn4ccnc4C3(C)C)nn(C3CC4(C3)CN(C)C4)c2C)c1Cl. The number of carbonyl (C=O) groups is 1. The number of aldehydes is 1. The number of nitrogens with two attached hydrogens (primary N) is 1. The quantitative estimate of drug-likeness (QED) is 0.196. The number of aromatic nitrogens is 4. The number of aryl methyl sites for hydroxylation is 1. The molecule has 1 spiro atoms. The Kier molecular flexibility index (Phi) is 7.17. The number of rotatable bonds is 5. The van der Waals surface area contributed by atoms with Crippen LogP contribution in [0.3, 0.4) is 0 Å². The number of nitrogens with one attached hydrogen (secondary N) is 1. The summed E-state index contributed by atoms with van der Waals surface area (Å²) in [5.74, 6) is 1.92. The summed E-state index contributed by atoms with van der Waals surface area (Å²) in [5, 5.41) is 14.2. The summed E-state index contributed by atoms with van der Waals surface area (Å²) in [5.41, 5.74) is 11.5. The molecule has 0 atom stereocenters. The minimum absolute atomic E-state index is 0.366. The van der Waals surface area contributed by atoms with Crippen molar-refractivity contribution in [2.24, 2.45) is 5.41 Å². The van der Waals surface area contributed by atoms with Crippen LogP contribution in [0.25, 0.3) is 11.1 Å². The van der Waals surface area contributed by atoms with Gasteiger partial charge in [0.05, 0.1) is 16.6 Å². The van der Waals surface area contributed by atoms with Gasteiger partial charge >= 0.3 is 0 Å². The molecule has 6 rings (SSSR count). The molecular formula is C30H39ClN8O. The smallest absolute Gasteiger partial charge is 0.159 e. The van der Waals surface area contributed by atoms with E-state index in [0.717, 1.165) is 60.0 Å². The van der Waals surface area contributed by atoms with Crippen LogP contribution < -0.4 is 10.6 Å². The zero-order chi connectivity index (χ0) is 29.0. The molecule has 9 nitrogen and oxygen atoms in total. The maximum absolute atomic E-state index is 9.06. The lowest BCUT2D eigenvalue weighted by Gasteiger charge is -2.58. The molecule has 0 bridgehead atoms. The molecule has 212 valence electrons. The number of anilines is 2. The number of fused-ring (bicyclic) bond motifs is 1. The van der Waals surface area contributed by atoms with Crippen molar-refractivity contribution < 1.29 is 4.79 Å². The van der Waals surface area contributed by atoms with Gasteiger partial charge in [0.2, 0.25) is 0 Å². The molecule has 0 unspecified atom stereocenters. The van der Waals surface area contributed by atoms with Gasteiger partial charge in [-0.2, -0.15) is 5.10 Å². The van der Waals surface area contributed by atoms with Crippen LogP contribution in [0.15, 0.2) is 31.1 Å². The standard InChI is InChI=1S/C27H35ClN8.C3H4O/c1-16-10-20(30)19(13-29)22(23(16)28)21-17(2)36(18-11-27(12-18)14-33(5)15-27)32-24(21)35-9-8-34-7-6-31-25(34)26(35,3)4;1-2-3-4/h6-7,10,13,18,29H,8-9,11-12,14-15,30H2,1-5H3;2-3H,1H2. The first kappa shape index (κ1) is 28.1. The maximum Gasteiger partial charge on any atom is 0.159 e. The Morgan fingerprint density at radius 1 is 1.20 bits per heavy atom. The van der Waals surface area contributed by atoms with Crippen LogP contribution >= 0.6 is 11.6 Å². The summed E-state index contributed by atoms with van der Waals surface area (Å²) in [6.45, 7) is 15.6. The van der Waals surface area contributed by atoms with E-state index in [0.29, 0.717) is 34.0 Å². The molecular weight excluding hydrogens is 524 g/mol. The van der Waals surface area contributed by atoms with Crippen molar-refractivity contribution in [2.75, 3.05) is 37.3 Å². The summed E-state index contributed by atoms with van der Waals surface area (Å²) in [7, 11) is 2.19. The molecule has 2 fully saturated rings. The van der Waals surface area contributed by atoms with E-state index in [2.05, 4.69) is 53.4 Å². The predicted octanol–water partition coefficient (Wildman–Crippen LogP) is 4.99. The van der Waals surface area contributed by atoms with Gasteiger partial charge in [0.25, 0.3) is 0 Å². The summed E-state index contributed by atoms with van der Waals surface area (Å²) in [6, 6.07) is 2.22. The second kappa shape index (κ2) is 10.2. The Bertz CT molecular complexity index is 1470. The highest BCUT2D eigenvalue weighted by atomic mass is 35.5. The van der Waals surface area contributed by atoms with Crippen LogP contribution in [0.5, 0.6) is 0 Å². The van der Waals surface area contributed by atoms with Crippen molar-refractivity contribution in [2.45, 2.75) is 58.7 Å². The first-order valence-electron chi connectivity index (χ1n) is 13.7. The van der Waals surface area contributed by atoms with Gasteiger partial charge in [-0.05, 0) is 70.7 Å². The fraction of sp³-hybridized carbons (Fsp3) is 0.467. The Hall–Kier alpha value is -3.43. The minimum atomic E-state index is -0.369. The minimum Gasteiger partial charge on any atom is -0.398 e. The fourth-order valence-corrected chi connectivity index (χ4v) is 7.29. The first-order chi connectivity index (χ1) is 19.0. The van der Waals surface area contributed by atoms with Gasteiger partial charge in [0, 0.05) is 72.9 Å². The fourth-order valence-electron chi connectivity index (χ4n) is 7.04. The number of hydrogen-bond acceptors (Lipinski definition) is 7. The molecule has 2 aromatic heterocycles. The van der Waals surface area contributed by atoms with Crippen molar-refractivity contribution in [3.63, 3.8) is 0 Å². The highest BCUT2D eigenvalue weighted by molar-refractivity contribution is 6.35. The van der Waals surface area contributed by atoms with Crippen LogP contribution in [0, 0.1) is 24.7 Å². The molecule has 1 saturated heterocycles. The van der Waals surface area contributed by atoms with Gasteiger partial charge in [-0.1, -0.05) is 18.2 Å². The monoisotopic (exact) mass is 562 g/mol. The van der Waals surface area contributed by atoms with Gasteiger partial charge in [-0.15, -0.1) is 0 Å². The van der Waals surface area contributed by atoms with Crippen molar-refractivity contribution in [1.82, 2.24) is 24.2 Å². The highest BCUT2D eigenvalue weighted by Crippen LogP contribution is 2.55. The van der Waals surface area contributed by atoms with E-state index < -0.39 is 0 Å². The lowest BCUT2D eigenvalue weighted by molar-refractivity contribution is -0.104. The number of carbonyl (C=O) groups excluding carboxylic acids is 1. The predicted molar refractivity (Wildman–Crippen MR) is 162 cm³/mol. The molecule has 2 aliphatic heterocycles. The Balaban J connectivity index is 0.000000758. The van der Waals surface area contributed by atoms with E-state index in [4.69, 9.17) is 37.6 Å². The Morgan fingerprint density at radius 2 is 1.88 bits per heavy atom. The number of nitrogens with zero attached hydrogens (tertiary/aromatic N) is 6. The van der Waals surface area contributed by atoms with Crippen molar-refractivity contribution in [3.8, 4) is 11.1 Å². The topological polar surface area (TPSA) is 109 Å². The zero-order valence-corrected chi connectivity index (χ0v) is 24.8. The normalized spacial score (nSPS) is 19.2. The molecule has 0 radical (unpaired) electrons. The van der Waals surface area contributed by atoms with Gasteiger partial charge in [0.15, 0.2) is 5.82 Å². The van der Waals surface area contributed by atoms with Crippen LogP contribution in [-0.4, -0.2) is 63.4 Å². The van der Waals surface area contributed by atoms with Gasteiger partial charge < -0.3 is 25.5 Å². The van der Waals surface area contributed by atoms with E-state index in [1.165, 1.54) is 25.4 Å². The number of allylic oxidation sites excluding steroid dienone is 1. The van der Waals surface area contributed by atoms with Crippen LogP contribution in [0.1, 0.15) is 55.4 Å². The average molecular weight is 563 g/mol. The van der Waals surface area contributed by atoms with Crippen molar-refractivity contribution >= 4 is 35.6 Å². The first-order valence-corrected chi connectivity index (χ1v) is 14.1. The van der Waals surface area contributed by atoms with Crippen LogP contribution in [0.2, 0.25) is 5.02 Å². The molecule has 1 saturated carbocycles. The number of nitrogen functional groups attached to an aromatic ring is 1. The molecule has 3 N–H and O–H groups in total. The summed E-state index contributed by atoms with van der Waals surface area (Å²) >= 11 is 6.99. The third-order valence-corrected chi connectivity index (χ3v) is 9.28. The third kappa shape index (κ3) is 4.36. The lowest BCUT2D eigenvalue weighted by Crippen LogP contribution is -2.60. The number of imidazole rings is 1. The molecule has 10 heteroatoms.